The second-order valence-corrected chi connectivity index (χ2v) is 5.57. The molecule has 0 saturated carbocycles. The van der Waals surface area contributed by atoms with E-state index in [0.29, 0.717) is 17.9 Å². The highest BCUT2D eigenvalue weighted by molar-refractivity contribution is 7.98. The molecule has 1 aromatic rings. The third-order valence-electron chi connectivity index (χ3n) is 2.84. The summed E-state index contributed by atoms with van der Waals surface area (Å²) in [6, 6.07) is 4.30. The van der Waals surface area contributed by atoms with Crippen molar-refractivity contribution in [1.29, 1.82) is 0 Å². The van der Waals surface area contributed by atoms with Gasteiger partial charge in [0.15, 0.2) is 0 Å². The Morgan fingerprint density at radius 3 is 2.60 bits per heavy atom. The number of hydrogen-bond acceptors (Lipinski definition) is 3. The Morgan fingerprint density at radius 2 is 2.05 bits per heavy atom. The van der Waals surface area contributed by atoms with Gasteiger partial charge < -0.3 is 15.7 Å². The summed E-state index contributed by atoms with van der Waals surface area (Å²) in [6.07, 6.45) is 2.30. The molecule has 3 N–H and O–H groups in total. The quantitative estimate of drug-likeness (QED) is 0.754. The van der Waals surface area contributed by atoms with Gasteiger partial charge in [0.2, 0.25) is 0 Å². The third kappa shape index (κ3) is 5.13. The van der Waals surface area contributed by atoms with Gasteiger partial charge >= 0.3 is 12.0 Å². The molecule has 0 bridgehead atoms. The zero-order chi connectivity index (χ0) is 15.1. The predicted molar refractivity (Wildman–Crippen MR) is 82.5 cm³/mol. The smallest absolute Gasteiger partial charge is 0.326 e. The first-order valence-corrected chi connectivity index (χ1v) is 7.70. The maximum Gasteiger partial charge on any atom is 0.326 e. The number of nitrogens with one attached hydrogen (secondary N) is 2. The molecule has 1 atom stereocenters. The Hall–Kier alpha value is -1.69. The molecule has 0 aliphatic heterocycles. The minimum absolute atomic E-state index is 0.400. The Balaban J connectivity index is 2.63. The van der Waals surface area contributed by atoms with Crippen LogP contribution in [0.2, 0.25) is 0 Å². The van der Waals surface area contributed by atoms with Gasteiger partial charge in [-0.2, -0.15) is 11.8 Å². The van der Waals surface area contributed by atoms with E-state index in [4.69, 9.17) is 5.11 Å². The normalized spacial score (nSPS) is 11.8. The van der Waals surface area contributed by atoms with E-state index in [2.05, 4.69) is 10.6 Å². The molecule has 0 unspecified atom stereocenters. The molecule has 2 amide bonds. The van der Waals surface area contributed by atoms with Crippen molar-refractivity contribution in [3.05, 3.63) is 29.3 Å². The van der Waals surface area contributed by atoms with Crippen LogP contribution in [0.25, 0.3) is 0 Å². The van der Waals surface area contributed by atoms with Gasteiger partial charge in [-0.3, -0.25) is 0 Å². The summed E-state index contributed by atoms with van der Waals surface area (Å²) < 4.78 is 0. The van der Waals surface area contributed by atoms with Crippen LogP contribution in [0.4, 0.5) is 10.5 Å². The van der Waals surface area contributed by atoms with Crippen LogP contribution >= 0.6 is 11.8 Å². The number of aliphatic carboxylic acids is 1. The molecule has 0 radical (unpaired) electrons. The summed E-state index contributed by atoms with van der Waals surface area (Å²) in [6.45, 7) is 3.87. The summed E-state index contributed by atoms with van der Waals surface area (Å²) in [5.41, 5.74) is 2.73. The highest BCUT2D eigenvalue weighted by atomic mass is 32.2. The number of aryl methyl sites for hydroxylation is 2. The summed E-state index contributed by atoms with van der Waals surface area (Å²) >= 11 is 1.55. The molecule has 0 saturated heterocycles. The molecule has 0 aliphatic carbocycles. The first kappa shape index (κ1) is 16.4. The van der Waals surface area contributed by atoms with Crippen molar-refractivity contribution < 1.29 is 14.7 Å². The van der Waals surface area contributed by atoms with Gasteiger partial charge in [-0.1, -0.05) is 17.7 Å². The number of hydrogen-bond donors (Lipinski definition) is 3. The summed E-state index contributed by atoms with van der Waals surface area (Å²) in [5, 5.41) is 14.2. The number of carbonyl (C=O) groups excluding carboxylic acids is 1. The van der Waals surface area contributed by atoms with E-state index in [-0.39, 0.29) is 0 Å². The van der Waals surface area contributed by atoms with E-state index in [9.17, 15) is 9.59 Å². The van der Waals surface area contributed by atoms with Gasteiger partial charge in [-0.25, -0.2) is 9.59 Å². The molecule has 0 aromatic heterocycles. The summed E-state index contributed by atoms with van der Waals surface area (Å²) in [7, 11) is 0. The lowest BCUT2D eigenvalue weighted by atomic mass is 10.1. The Labute approximate surface area is 123 Å². The van der Waals surface area contributed by atoms with Gasteiger partial charge in [0, 0.05) is 5.69 Å². The fourth-order valence-corrected chi connectivity index (χ4v) is 2.23. The minimum Gasteiger partial charge on any atom is -0.480 e. The monoisotopic (exact) mass is 296 g/mol. The predicted octanol–water partition coefficient (Wildman–Crippen LogP) is 2.63. The zero-order valence-electron chi connectivity index (χ0n) is 11.9. The number of carboxylic acids is 1. The first-order valence-electron chi connectivity index (χ1n) is 6.30. The zero-order valence-corrected chi connectivity index (χ0v) is 12.7. The van der Waals surface area contributed by atoms with Crippen LogP contribution in [0, 0.1) is 13.8 Å². The van der Waals surface area contributed by atoms with Crippen molar-refractivity contribution >= 4 is 29.4 Å². The van der Waals surface area contributed by atoms with Gasteiger partial charge in [0.05, 0.1) is 0 Å². The van der Waals surface area contributed by atoms with Crippen LogP contribution in [0.3, 0.4) is 0 Å². The number of benzene rings is 1. The number of rotatable bonds is 6. The third-order valence-corrected chi connectivity index (χ3v) is 3.49. The number of anilines is 1. The van der Waals surface area contributed by atoms with Gasteiger partial charge in [0.25, 0.3) is 0 Å². The van der Waals surface area contributed by atoms with Crippen molar-refractivity contribution in [2.75, 3.05) is 17.3 Å². The van der Waals surface area contributed by atoms with E-state index in [1.807, 2.05) is 38.3 Å². The molecule has 0 spiro atoms. The molecule has 110 valence electrons. The molecule has 0 fully saturated rings. The van der Waals surface area contributed by atoms with Crippen molar-refractivity contribution in [2.45, 2.75) is 26.3 Å². The molecule has 6 heteroatoms. The lowest BCUT2D eigenvalue weighted by Gasteiger charge is -2.15. The Morgan fingerprint density at radius 1 is 1.35 bits per heavy atom. The highest BCUT2D eigenvalue weighted by Gasteiger charge is 2.19. The van der Waals surface area contributed by atoms with Crippen molar-refractivity contribution in [3.8, 4) is 0 Å². The van der Waals surface area contributed by atoms with E-state index in [1.165, 1.54) is 0 Å². The molecule has 0 aliphatic rings. The maximum atomic E-state index is 11.8. The standard InChI is InChI=1S/C14H20N2O3S/c1-9-4-5-11(10(2)8-9)15-14(19)16-12(13(17)18)6-7-20-3/h4-5,8,12H,6-7H2,1-3H3,(H,17,18)(H2,15,16,19)/t12-/m1/s1. The highest BCUT2D eigenvalue weighted by Crippen LogP contribution is 2.15. The lowest BCUT2D eigenvalue weighted by molar-refractivity contribution is -0.139. The van der Waals surface area contributed by atoms with Crippen LogP contribution in [-0.2, 0) is 4.79 Å². The molecule has 1 rings (SSSR count). The van der Waals surface area contributed by atoms with Crippen LogP contribution in [0.15, 0.2) is 18.2 Å². The Kier molecular flexibility index (Phi) is 6.38. The van der Waals surface area contributed by atoms with Crippen LogP contribution in [-0.4, -0.2) is 35.2 Å². The maximum absolute atomic E-state index is 11.8. The summed E-state index contributed by atoms with van der Waals surface area (Å²) in [4.78, 5) is 22.9. The van der Waals surface area contributed by atoms with Gasteiger partial charge in [0.1, 0.15) is 6.04 Å². The lowest BCUT2D eigenvalue weighted by Crippen LogP contribution is -2.43. The number of urea groups is 1. The second kappa shape index (κ2) is 7.79. The molecule has 0 heterocycles. The van der Waals surface area contributed by atoms with E-state index >= 15 is 0 Å². The van der Waals surface area contributed by atoms with E-state index in [1.54, 1.807) is 11.8 Å². The molecule has 1 aromatic carbocycles. The Bertz CT molecular complexity index is 491. The number of amides is 2. The SMILES string of the molecule is CSCC[C@@H](NC(=O)Nc1ccc(C)cc1C)C(=O)O. The van der Waals surface area contributed by atoms with Crippen molar-refractivity contribution in [1.82, 2.24) is 5.32 Å². The average molecular weight is 296 g/mol. The van der Waals surface area contributed by atoms with Gasteiger partial charge in [-0.15, -0.1) is 0 Å². The molecular weight excluding hydrogens is 276 g/mol. The fourth-order valence-electron chi connectivity index (χ4n) is 1.76. The second-order valence-electron chi connectivity index (χ2n) is 4.59. The van der Waals surface area contributed by atoms with Crippen molar-refractivity contribution in [2.24, 2.45) is 0 Å². The topological polar surface area (TPSA) is 78.4 Å². The molecule has 20 heavy (non-hydrogen) atoms. The summed E-state index contributed by atoms with van der Waals surface area (Å²) in [5.74, 6) is -0.337. The van der Waals surface area contributed by atoms with Gasteiger partial charge in [-0.05, 0) is 43.9 Å². The first-order chi connectivity index (χ1) is 9.43. The number of carbonyl (C=O) groups is 2. The van der Waals surface area contributed by atoms with E-state index in [0.717, 1.165) is 11.1 Å². The molecular formula is C14H20N2O3S. The van der Waals surface area contributed by atoms with E-state index < -0.39 is 18.0 Å². The number of carboxylic acid groups (broad SMARTS) is 1. The van der Waals surface area contributed by atoms with Crippen LogP contribution in [0.1, 0.15) is 17.5 Å². The van der Waals surface area contributed by atoms with Crippen LogP contribution < -0.4 is 10.6 Å². The number of thioether (sulfide) groups is 1. The van der Waals surface area contributed by atoms with Crippen molar-refractivity contribution in [3.63, 3.8) is 0 Å². The largest absolute Gasteiger partial charge is 0.480 e. The van der Waals surface area contributed by atoms with Crippen LogP contribution in [0.5, 0.6) is 0 Å². The minimum atomic E-state index is -1.02. The fraction of sp³-hybridized carbons (Fsp3) is 0.429. The molecule has 5 nitrogen and oxygen atoms in total. The average Bonchev–Trinajstić information content (AvgIpc) is 2.37.